The van der Waals surface area contributed by atoms with Gasteiger partial charge in [0.05, 0.1) is 23.6 Å². The van der Waals surface area contributed by atoms with E-state index in [1.54, 1.807) is 31.3 Å². The number of rotatable bonds is 8. The summed E-state index contributed by atoms with van der Waals surface area (Å²) >= 11 is 7.74. The van der Waals surface area contributed by atoms with Crippen LogP contribution in [0.3, 0.4) is 0 Å². The van der Waals surface area contributed by atoms with Crippen LogP contribution in [-0.4, -0.2) is 25.7 Å². The molecule has 1 atom stereocenters. The lowest BCUT2D eigenvalue weighted by molar-refractivity contribution is 0.0696. The molecule has 4 rings (SSSR count). The number of carboxylic acids is 1. The van der Waals surface area contributed by atoms with Gasteiger partial charge in [0.25, 0.3) is 0 Å². The van der Waals surface area contributed by atoms with Gasteiger partial charge in [-0.3, -0.25) is 4.57 Å². The monoisotopic (exact) mass is 542 g/mol. The van der Waals surface area contributed by atoms with Gasteiger partial charge in [-0.15, -0.1) is 0 Å². The number of hydrogen-bond donors (Lipinski definition) is 2. The second-order valence-corrected chi connectivity index (χ2v) is 10.5. The van der Waals surface area contributed by atoms with Crippen LogP contribution in [0.4, 0.5) is 8.78 Å². The number of aromatic nitrogens is 2. The van der Waals surface area contributed by atoms with E-state index in [1.165, 1.54) is 36.0 Å². The van der Waals surface area contributed by atoms with E-state index in [0.717, 1.165) is 17.3 Å². The zero-order valence-electron chi connectivity index (χ0n) is 20.4. The van der Waals surface area contributed by atoms with Crippen LogP contribution in [-0.2, 0) is 11.2 Å². The number of thioether (sulfide) groups is 1. The maximum atomic E-state index is 14.5. The summed E-state index contributed by atoms with van der Waals surface area (Å²) in [6.45, 7) is 5.67. The number of carbonyl (C=O) groups is 1. The van der Waals surface area contributed by atoms with E-state index in [0.29, 0.717) is 27.0 Å². The van der Waals surface area contributed by atoms with Crippen molar-refractivity contribution in [1.82, 2.24) is 9.55 Å². The lowest BCUT2D eigenvalue weighted by Crippen LogP contribution is -2.23. The normalized spacial score (nSPS) is 12.5. The maximum Gasteiger partial charge on any atom is 0.335 e. The number of carboxylic acid groups (broad SMARTS) is 1. The molecular weight excluding hydrogens is 518 g/mol. The summed E-state index contributed by atoms with van der Waals surface area (Å²) in [6, 6.07) is 15.3. The number of aliphatic hydroxyl groups is 1. The van der Waals surface area contributed by atoms with Crippen molar-refractivity contribution in [2.45, 2.75) is 43.2 Å². The fraction of sp³-hybridized carbons (Fsp3) is 0.214. The molecule has 2 N–H and O–H groups in total. The van der Waals surface area contributed by atoms with Crippen molar-refractivity contribution in [3.63, 3.8) is 0 Å². The molecule has 192 valence electrons. The second-order valence-electron chi connectivity index (χ2n) is 9.18. The van der Waals surface area contributed by atoms with Crippen LogP contribution in [0.25, 0.3) is 5.69 Å². The molecule has 1 heterocycles. The largest absolute Gasteiger partial charge is 0.478 e. The number of imidazole rings is 1. The quantitative estimate of drug-likeness (QED) is 0.231. The molecule has 5 nitrogen and oxygen atoms in total. The van der Waals surface area contributed by atoms with Gasteiger partial charge in [-0.25, -0.2) is 18.6 Å². The lowest BCUT2D eigenvalue weighted by atomic mass is 9.81. The third kappa shape index (κ3) is 5.56. The van der Waals surface area contributed by atoms with Gasteiger partial charge in [-0.1, -0.05) is 55.4 Å². The Hall–Kier alpha value is -3.20. The Bertz CT molecular complexity index is 1450. The van der Waals surface area contributed by atoms with Gasteiger partial charge in [-0.2, -0.15) is 0 Å². The first-order chi connectivity index (χ1) is 17.5. The first-order valence-electron chi connectivity index (χ1n) is 11.5. The SMILES string of the molecule is CC(O)c1ccc(C(C)(C)c2cnc(SCc3ccc(C(=O)O)cc3F)n2-c2ccc(F)cc2)cc1Cl. The summed E-state index contributed by atoms with van der Waals surface area (Å²) in [4.78, 5) is 15.7. The predicted molar refractivity (Wildman–Crippen MR) is 141 cm³/mol. The average molecular weight is 543 g/mol. The van der Waals surface area contributed by atoms with Gasteiger partial charge < -0.3 is 10.2 Å². The van der Waals surface area contributed by atoms with E-state index < -0.39 is 23.3 Å². The molecule has 0 aliphatic rings. The van der Waals surface area contributed by atoms with Crippen LogP contribution in [0.15, 0.2) is 72.0 Å². The van der Waals surface area contributed by atoms with Crippen LogP contribution in [0.1, 0.15) is 59.6 Å². The Morgan fingerprint density at radius 2 is 1.81 bits per heavy atom. The van der Waals surface area contributed by atoms with Gasteiger partial charge >= 0.3 is 5.97 Å². The lowest BCUT2D eigenvalue weighted by Gasteiger charge is -2.28. The molecule has 3 aromatic carbocycles. The van der Waals surface area contributed by atoms with Crippen molar-refractivity contribution in [3.05, 3.63) is 111 Å². The van der Waals surface area contributed by atoms with Crippen molar-refractivity contribution < 1.29 is 23.8 Å². The molecule has 0 saturated heterocycles. The van der Waals surface area contributed by atoms with Crippen LogP contribution in [0.2, 0.25) is 5.02 Å². The molecule has 37 heavy (non-hydrogen) atoms. The van der Waals surface area contributed by atoms with E-state index in [4.69, 9.17) is 16.7 Å². The van der Waals surface area contributed by atoms with Crippen molar-refractivity contribution >= 4 is 29.3 Å². The van der Waals surface area contributed by atoms with E-state index >= 15 is 0 Å². The van der Waals surface area contributed by atoms with Crippen molar-refractivity contribution in [3.8, 4) is 5.69 Å². The van der Waals surface area contributed by atoms with Gasteiger partial charge in [0, 0.05) is 21.9 Å². The van der Waals surface area contributed by atoms with Crippen molar-refractivity contribution in [2.24, 2.45) is 0 Å². The fourth-order valence-electron chi connectivity index (χ4n) is 4.06. The summed E-state index contributed by atoms with van der Waals surface area (Å²) in [5, 5.41) is 20.1. The molecule has 1 unspecified atom stereocenters. The number of aliphatic hydroxyl groups excluding tert-OH is 1. The average Bonchev–Trinajstić information content (AvgIpc) is 3.28. The minimum absolute atomic E-state index is 0.122. The summed E-state index contributed by atoms with van der Waals surface area (Å²) in [7, 11) is 0. The molecule has 1 aromatic heterocycles. The molecule has 9 heteroatoms. The number of benzene rings is 3. The van der Waals surface area contributed by atoms with E-state index in [-0.39, 0.29) is 17.1 Å². The summed E-state index contributed by atoms with van der Waals surface area (Å²) in [5.41, 5.74) is 2.60. The highest BCUT2D eigenvalue weighted by Crippen LogP contribution is 2.38. The van der Waals surface area contributed by atoms with Crippen LogP contribution in [0, 0.1) is 11.6 Å². The molecule has 0 fully saturated rings. The second kappa shape index (κ2) is 10.7. The number of halogens is 3. The molecule has 4 aromatic rings. The number of hydrogen-bond acceptors (Lipinski definition) is 4. The Kier molecular flexibility index (Phi) is 7.73. The van der Waals surface area contributed by atoms with Crippen LogP contribution >= 0.6 is 23.4 Å². The summed E-state index contributed by atoms with van der Waals surface area (Å²) in [6.07, 6.45) is 1.02. The highest BCUT2D eigenvalue weighted by molar-refractivity contribution is 7.98. The zero-order chi connectivity index (χ0) is 26.9. The van der Waals surface area contributed by atoms with E-state index in [1.807, 2.05) is 30.5 Å². The molecule has 0 spiro atoms. The zero-order valence-corrected chi connectivity index (χ0v) is 21.9. The Balaban J connectivity index is 1.75. The van der Waals surface area contributed by atoms with Crippen LogP contribution in [0.5, 0.6) is 0 Å². The standard InChI is InChI=1S/C28H25ClF2N2O3S/c1-16(34)22-11-6-19(13-23(22)29)28(2,3)25-14-32-27(33(25)21-9-7-20(30)8-10-21)37-15-18-5-4-17(26(35)36)12-24(18)31/h4-14,16,34H,15H2,1-3H3,(H,35,36). The Labute approximate surface area is 222 Å². The van der Waals surface area contributed by atoms with Gasteiger partial charge in [0.1, 0.15) is 11.6 Å². The van der Waals surface area contributed by atoms with Gasteiger partial charge in [0.15, 0.2) is 5.16 Å². The van der Waals surface area contributed by atoms with Crippen molar-refractivity contribution in [2.75, 3.05) is 0 Å². The Morgan fingerprint density at radius 3 is 2.41 bits per heavy atom. The third-order valence-corrected chi connectivity index (χ3v) is 7.61. The molecular formula is C28H25ClF2N2O3S. The summed E-state index contributed by atoms with van der Waals surface area (Å²) in [5.74, 6) is -1.97. The smallest absolute Gasteiger partial charge is 0.335 e. The molecule has 0 aliphatic carbocycles. The predicted octanol–water partition coefficient (Wildman–Crippen LogP) is 7.17. The Morgan fingerprint density at radius 1 is 1.11 bits per heavy atom. The highest BCUT2D eigenvalue weighted by atomic mass is 35.5. The topological polar surface area (TPSA) is 75.3 Å². The van der Waals surface area contributed by atoms with Crippen molar-refractivity contribution in [1.29, 1.82) is 0 Å². The molecule has 0 bridgehead atoms. The summed E-state index contributed by atoms with van der Waals surface area (Å²) < 4.78 is 30.2. The third-order valence-electron chi connectivity index (χ3n) is 6.28. The number of nitrogens with zero attached hydrogens (tertiary/aromatic N) is 2. The number of aromatic carboxylic acids is 1. The highest BCUT2D eigenvalue weighted by Gasteiger charge is 2.30. The molecule has 0 aliphatic heterocycles. The first-order valence-corrected chi connectivity index (χ1v) is 12.8. The molecule has 0 saturated carbocycles. The van der Waals surface area contributed by atoms with E-state index in [2.05, 4.69) is 4.98 Å². The minimum Gasteiger partial charge on any atom is -0.478 e. The maximum absolute atomic E-state index is 14.5. The first kappa shape index (κ1) is 26.9. The van der Waals surface area contributed by atoms with Gasteiger partial charge in [0.2, 0.25) is 0 Å². The molecule has 0 radical (unpaired) electrons. The van der Waals surface area contributed by atoms with E-state index in [9.17, 15) is 18.7 Å². The van der Waals surface area contributed by atoms with Crippen LogP contribution < -0.4 is 0 Å². The van der Waals surface area contributed by atoms with Gasteiger partial charge in [-0.05, 0) is 66.1 Å². The fourth-order valence-corrected chi connectivity index (χ4v) is 5.38. The molecule has 0 amide bonds. The minimum atomic E-state index is -1.20.